The third-order valence-electron chi connectivity index (χ3n) is 4.85. The number of rotatable bonds is 7. The highest BCUT2D eigenvalue weighted by atomic mass is 16.5. The van der Waals surface area contributed by atoms with Gasteiger partial charge in [-0.25, -0.2) is 9.59 Å². The number of carbonyl (C=O) groups is 1. The second-order valence-corrected chi connectivity index (χ2v) is 6.88. The highest BCUT2D eigenvalue weighted by Crippen LogP contribution is 2.23. The van der Waals surface area contributed by atoms with Crippen molar-refractivity contribution >= 4 is 22.7 Å². The normalized spacial score (nSPS) is 11.0. The Morgan fingerprint density at radius 2 is 1.83 bits per heavy atom. The van der Waals surface area contributed by atoms with Gasteiger partial charge in [-0.2, -0.15) is 0 Å². The monoisotopic (exact) mass is 394 g/mol. The first-order chi connectivity index (χ1) is 14.0. The minimum absolute atomic E-state index is 0.284. The van der Waals surface area contributed by atoms with Crippen LogP contribution in [-0.4, -0.2) is 24.1 Å². The van der Waals surface area contributed by atoms with Gasteiger partial charge in [-0.3, -0.25) is 10.2 Å². The lowest BCUT2D eigenvalue weighted by atomic mass is 10.1. The minimum atomic E-state index is -0.541. The number of aryl methyl sites for hydroxylation is 1. The van der Waals surface area contributed by atoms with Crippen molar-refractivity contribution in [3.05, 3.63) is 75.6 Å². The van der Waals surface area contributed by atoms with Crippen LogP contribution >= 0.6 is 0 Å². The van der Waals surface area contributed by atoms with E-state index in [4.69, 9.17) is 9.15 Å². The first-order valence-corrected chi connectivity index (χ1v) is 9.77. The van der Waals surface area contributed by atoms with Crippen LogP contribution in [0.3, 0.4) is 0 Å². The number of hydrogen-bond acceptors (Lipinski definition) is 5. The molecule has 0 aliphatic heterocycles. The van der Waals surface area contributed by atoms with Crippen LogP contribution < -0.4 is 10.9 Å². The average molecular weight is 394 g/mol. The van der Waals surface area contributed by atoms with Gasteiger partial charge < -0.3 is 9.15 Å². The predicted octanol–water partition coefficient (Wildman–Crippen LogP) is 4.69. The summed E-state index contributed by atoms with van der Waals surface area (Å²) in [6.45, 7) is 8.50. The quantitative estimate of drug-likeness (QED) is 0.589. The summed E-state index contributed by atoms with van der Waals surface area (Å²) in [7, 11) is 0. The van der Waals surface area contributed by atoms with E-state index >= 15 is 0 Å². The van der Waals surface area contributed by atoms with Crippen molar-refractivity contribution in [3.8, 4) is 0 Å². The van der Waals surface area contributed by atoms with E-state index in [9.17, 15) is 9.59 Å². The fraction of sp³-hybridized carbons (Fsp3) is 0.304. The number of ether oxygens (including phenoxy) is 1. The number of benzene rings is 2. The fourth-order valence-electron chi connectivity index (χ4n) is 3.27. The Hall–Kier alpha value is -3.12. The maximum Gasteiger partial charge on any atom is 0.411 e. The van der Waals surface area contributed by atoms with E-state index in [2.05, 4.69) is 36.2 Å². The van der Waals surface area contributed by atoms with Gasteiger partial charge >= 0.3 is 11.7 Å². The molecule has 6 heteroatoms. The summed E-state index contributed by atoms with van der Waals surface area (Å²) in [6, 6.07) is 15.1. The SMILES string of the molecule is CCOC(=O)Nc1ccc2c(CN(CC)Cc3ccccc3C)cc(=O)oc2c1. The van der Waals surface area contributed by atoms with E-state index < -0.39 is 11.7 Å². The highest BCUT2D eigenvalue weighted by molar-refractivity contribution is 5.89. The molecule has 0 fully saturated rings. The van der Waals surface area contributed by atoms with E-state index in [1.807, 2.05) is 18.2 Å². The van der Waals surface area contributed by atoms with Crippen LogP contribution in [0.1, 0.15) is 30.5 Å². The van der Waals surface area contributed by atoms with E-state index in [0.717, 1.165) is 24.0 Å². The van der Waals surface area contributed by atoms with Crippen LogP contribution in [0, 0.1) is 6.92 Å². The zero-order chi connectivity index (χ0) is 20.8. The van der Waals surface area contributed by atoms with Gasteiger partial charge in [-0.05, 0) is 49.2 Å². The van der Waals surface area contributed by atoms with Crippen LogP contribution in [0.4, 0.5) is 10.5 Å². The van der Waals surface area contributed by atoms with Gasteiger partial charge in [-0.1, -0.05) is 31.2 Å². The molecule has 3 aromatic rings. The molecule has 0 aliphatic carbocycles. The van der Waals surface area contributed by atoms with Gasteiger partial charge in [0.05, 0.1) is 6.61 Å². The van der Waals surface area contributed by atoms with E-state index in [0.29, 0.717) is 17.8 Å². The number of anilines is 1. The molecular weight excluding hydrogens is 368 g/mol. The van der Waals surface area contributed by atoms with Crippen LogP contribution in [0.5, 0.6) is 0 Å². The Labute approximate surface area is 170 Å². The molecule has 29 heavy (non-hydrogen) atoms. The van der Waals surface area contributed by atoms with Crippen molar-refractivity contribution < 1.29 is 13.9 Å². The number of hydrogen-bond donors (Lipinski definition) is 1. The highest BCUT2D eigenvalue weighted by Gasteiger charge is 2.12. The van der Waals surface area contributed by atoms with Crippen molar-refractivity contribution in [2.75, 3.05) is 18.5 Å². The molecule has 3 rings (SSSR count). The summed E-state index contributed by atoms with van der Waals surface area (Å²) >= 11 is 0. The molecule has 0 unspecified atom stereocenters. The Bertz CT molecular complexity index is 1060. The fourth-order valence-corrected chi connectivity index (χ4v) is 3.27. The van der Waals surface area contributed by atoms with Gasteiger partial charge in [0.2, 0.25) is 0 Å². The molecule has 0 spiro atoms. The van der Waals surface area contributed by atoms with E-state index in [-0.39, 0.29) is 6.61 Å². The Morgan fingerprint density at radius 1 is 1.07 bits per heavy atom. The molecule has 0 radical (unpaired) electrons. The lowest BCUT2D eigenvalue weighted by Crippen LogP contribution is -2.23. The third-order valence-corrected chi connectivity index (χ3v) is 4.85. The molecule has 6 nitrogen and oxygen atoms in total. The van der Waals surface area contributed by atoms with E-state index in [1.54, 1.807) is 25.1 Å². The standard InChI is InChI=1S/C23H26N2O4/c1-4-25(14-17-9-7-6-8-16(17)3)15-18-12-22(26)29-21-13-19(10-11-20(18)21)24-23(27)28-5-2/h6-13H,4-5,14-15H2,1-3H3,(H,24,27). The Kier molecular flexibility index (Phi) is 6.67. The van der Waals surface area contributed by atoms with Gasteiger partial charge in [0, 0.05) is 36.3 Å². The van der Waals surface area contributed by atoms with Crippen molar-refractivity contribution in [1.82, 2.24) is 4.90 Å². The number of amides is 1. The zero-order valence-electron chi connectivity index (χ0n) is 17.0. The third kappa shape index (κ3) is 5.23. The van der Waals surface area contributed by atoms with Gasteiger partial charge in [0.15, 0.2) is 0 Å². The molecule has 0 atom stereocenters. The van der Waals surface area contributed by atoms with Crippen LogP contribution in [0.15, 0.2) is 57.7 Å². The molecule has 0 saturated carbocycles. The number of carbonyl (C=O) groups excluding carboxylic acids is 1. The summed E-state index contributed by atoms with van der Waals surface area (Å²) in [6.07, 6.45) is -0.541. The average Bonchev–Trinajstić information content (AvgIpc) is 2.68. The summed E-state index contributed by atoms with van der Waals surface area (Å²) in [5, 5.41) is 3.48. The lowest BCUT2D eigenvalue weighted by Gasteiger charge is -2.22. The number of nitrogens with zero attached hydrogens (tertiary/aromatic N) is 1. The molecule has 1 aromatic heterocycles. The second kappa shape index (κ2) is 9.39. The molecule has 2 aromatic carbocycles. The topological polar surface area (TPSA) is 71.8 Å². The first-order valence-electron chi connectivity index (χ1n) is 9.77. The molecule has 0 bridgehead atoms. The molecule has 1 heterocycles. The van der Waals surface area contributed by atoms with E-state index in [1.165, 1.54) is 11.1 Å². The number of fused-ring (bicyclic) bond motifs is 1. The lowest BCUT2D eigenvalue weighted by molar-refractivity contribution is 0.168. The smallest absolute Gasteiger partial charge is 0.411 e. The summed E-state index contributed by atoms with van der Waals surface area (Å²) in [5.74, 6) is 0. The van der Waals surface area contributed by atoms with Crippen molar-refractivity contribution in [1.29, 1.82) is 0 Å². The number of nitrogens with one attached hydrogen (secondary N) is 1. The first kappa shape index (κ1) is 20.6. The second-order valence-electron chi connectivity index (χ2n) is 6.88. The van der Waals surface area contributed by atoms with Crippen molar-refractivity contribution in [3.63, 3.8) is 0 Å². The van der Waals surface area contributed by atoms with Crippen LogP contribution in [0.2, 0.25) is 0 Å². The van der Waals surface area contributed by atoms with Crippen LogP contribution in [0.25, 0.3) is 11.0 Å². The van der Waals surface area contributed by atoms with Crippen molar-refractivity contribution in [2.45, 2.75) is 33.9 Å². The Balaban J connectivity index is 1.87. The summed E-state index contributed by atoms with van der Waals surface area (Å²) in [5.41, 5.74) is 3.96. The molecule has 1 N–H and O–H groups in total. The minimum Gasteiger partial charge on any atom is -0.450 e. The Morgan fingerprint density at radius 3 is 2.55 bits per heavy atom. The molecule has 152 valence electrons. The van der Waals surface area contributed by atoms with Gasteiger partial charge in [0.25, 0.3) is 0 Å². The predicted molar refractivity (Wildman–Crippen MR) is 114 cm³/mol. The van der Waals surface area contributed by atoms with Gasteiger partial charge in [-0.15, -0.1) is 0 Å². The summed E-state index contributed by atoms with van der Waals surface area (Å²) in [4.78, 5) is 26.0. The zero-order valence-corrected chi connectivity index (χ0v) is 17.0. The molecule has 0 saturated heterocycles. The summed E-state index contributed by atoms with van der Waals surface area (Å²) < 4.78 is 10.3. The van der Waals surface area contributed by atoms with Crippen molar-refractivity contribution in [2.24, 2.45) is 0 Å². The molecule has 1 amide bonds. The maximum atomic E-state index is 12.1. The largest absolute Gasteiger partial charge is 0.450 e. The van der Waals surface area contributed by atoms with Crippen LogP contribution in [-0.2, 0) is 17.8 Å². The maximum absolute atomic E-state index is 12.1. The molecular formula is C23H26N2O4. The van der Waals surface area contributed by atoms with Gasteiger partial charge in [0.1, 0.15) is 5.58 Å². The molecule has 0 aliphatic rings.